The lowest BCUT2D eigenvalue weighted by Crippen LogP contribution is -2.21. The molecule has 0 atom stereocenters. The summed E-state index contributed by atoms with van der Waals surface area (Å²) in [6, 6.07) is 8.94. The molecule has 0 unspecified atom stereocenters. The number of hydrogen-bond donors (Lipinski definition) is 1. The van der Waals surface area contributed by atoms with Crippen molar-refractivity contribution in [1.29, 1.82) is 0 Å². The molecular formula is C23H22N4O7. The maximum atomic E-state index is 12.3. The molecule has 0 spiro atoms. The van der Waals surface area contributed by atoms with Gasteiger partial charge in [-0.3, -0.25) is 4.79 Å². The standard InChI is InChI=1S/C23H22N4O7/c1-13-7-14(2)27(26-13)19-6-5-15(11-24-19)23(31)34-12-20(28)25-18-9-16(21(29)32-3)8-17(10-18)22(30)33-4/h5-11H,12H2,1-4H3,(H,25,28). The first kappa shape index (κ1) is 24.1. The van der Waals surface area contributed by atoms with Crippen molar-refractivity contribution >= 4 is 29.5 Å². The van der Waals surface area contributed by atoms with Crippen LogP contribution in [0.5, 0.6) is 0 Å². The lowest BCUT2D eigenvalue weighted by atomic mass is 10.1. The Balaban J connectivity index is 1.64. The monoisotopic (exact) mass is 466 g/mol. The zero-order valence-electron chi connectivity index (χ0n) is 18.9. The minimum absolute atomic E-state index is 0.0338. The molecule has 2 heterocycles. The second kappa shape index (κ2) is 10.4. The highest BCUT2D eigenvalue weighted by Gasteiger charge is 2.16. The normalized spacial score (nSPS) is 10.4. The van der Waals surface area contributed by atoms with E-state index < -0.39 is 30.4 Å². The molecule has 1 N–H and O–H groups in total. The zero-order chi connectivity index (χ0) is 24.8. The highest BCUT2D eigenvalue weighted by molar-refractivity contribution is 6.00. The van der Waals surface area contributed by atoms with Crippen LogP contribution in [0.4, 0.5) is 5.69 Å². The van der Waals surface area contributed by atoms with Crippen molar-refractivity contribution in [3.63, 3.8) is 0 Å². The van der Waals surface area contributed by atoms with Crippen LogP contribution in [0.3, 0.4) is 0 Å². The molecule has 2 aromatic heterocycles. The van der Waals surface area contributed by atoms with Gasteiger partial charge in [-0.1, -0.05) is 0 Å². The van der Waals surface area contributed by atoms with Gasteiger partial charge < -0.3 is 19.5 Å². The predicted molar refractivity (Wildman–Crippen MR) is 119 cm³/mol. The van der Waals surface area contributed by atoms with Gasteiger partial charge in [-0.15, -0.1) is 0 Å². The summed E-state index contributed by atoms with van der Waals surface area (Å²) < 4.78 is 16.0. The Hall–Kier alpha value is -4.54. The minimum atomic E-state index is -0.749. The summed E-state index contributed by atoms with van der Waals surface area (Å²) in [6.07, 6.45) is 1.33. The summed E-state index contributed by atoms with van der Waals surface area (Å²) in [6.45, 7) is 3.15. The quantitative estimate of drug-likeness (QED) is 0.410. The van der Waals surface area contributed by atoms with E-state index in [2.05, 4.69) is 24.9 Å². The number of nitrogens with zero attached hydrogens (tertiary/aromatic N) is 3. The third-order valence-electron chi connectivity index (χ3n) is 4.60. The van der Waals surface area contributed by atoms with E-state index >= 15 is 0 Å². The molecule has 11 heteroatoms. The van der Waals surface area contributed by atoms with E-state index in [-0.39, 0.29) is 22.4 Å². The number of anilines is 1. The lowest BCUT2D eigenvalue weighted by Gasteiger charge is -2.10. The molecule has 0 aliphatic carbocycles. The van der Waals surface area contributed by atoms with Crippen LogP contribution in [0.25, 0.3) is 5.82 Å². The van der Waals surface area contributed by atoms with Crippen LogP contribution >= 0.6 is 0 Å². The average Bonchev–Trinajstić information content (AvgIpc) is 3.18. The van der Waals surface area contributed by atoms with Crippen LogP contribution in [0, 0.1) is 13.8 Å². The number of carbonyl (C=O) groups excluding carboxylic acids is 4. The minimum Gasteiger partial charge on any atom is -0.465 e. The Morgan fingerprint density at radius 1 is 0.882 bits per heavy atom. The third-order valence-corrected chi connectivity index (χ3v) is 4.60. The fourth-order valence-corrected chi connectivity index (χ4v) is 3.08. The largest absolute Gasteiger partial charge is 0.465 e. The first-order chi connectivity index (χ1) is 16.2. The summed E-state index contributed by atoms with van der Waals surface area (Å²) >= 11 is 0. The fourth-order valence-electron chi connectivity index (χ4n) is 3.08. The predicted octanol–water partition coefficient (Wildman–Crippen LogP) is 2.25. The van der Waals surface area contributed by atoms with Gasteiger partial charge in [-0.25, -0.2) is 24.0 Å². The lowest BCUT2D eigenvalue weighted by molar-refractivity contribution is -0.119. The molecule has 0 aliphatic rings. The second-order valence-corrected chi connectivity index (χ2v) is 7.15. The van der Waals surface area contributed by atoms with Crippen molar-refractivity contribution in [1.82, 2.24) is 14.8 Å². The summed E-state index contributed by atoms with van der Waals surface area (Å²) in [5.41, 5.74) is 2.07. The number of ether oxygens (including phenoxy) is 3. The topological polar surface area (TPSA) is 139 Å². The molecular weight excluding hydrogens is 444 g/mol. The van der Waals surface area contributed by atoms with E-state index in [0.717, 1.165) is 11.4 Å². The first-order valence-electron chi connectivity index (χ1n) is 10.00. The Bertz CT molecular complexity index is 1210. The molecule has 0 aliphatic heterocycles. The molecule has 34 heavy (non-hydrogen) atoms. The molecule has 0 saturated carbocycles. The van der Waals surface area contributed by atoms with Crippen molar-refractivity contribution in [2.45, 2.75) is 13.8 Å². The number of hydrogen-bond acceptors (Lipinski definition) is 9. The van der Waals surface area contributed by atoms with Crippen LogP contribution in [0.2, 0.25) is 0 Å². The van der Waals surface area contributed by atoms with Gasteiger partial charge in [0.2, 0.25) is 0 Å². The highest BCUT2D eigenvalue weighted by Crippen LogP contribution is 2.17. The van der Waals surface area contributed by atoms with Gasteiger partial charge in [0, 0.05) is 17.6 Å². The Morgan fingerprint density at radius 3 is 2.03 bits per heavy atom. The number of nitrogens with one attached hydrogen (secondary N) is 1. The number of aryl methyl sites for hydroxylation is 2. The van der Waals surface area contributed by atoms with Crippen molar-refractivity contribution in [3.8, 4) is 5.82 Å². The van der Waals surface area contributed by atoms with E-state index in [4.69, 9.17) is 4.74 Å². The Labute approximate surface area is 194 Å². The maximum absolute atomic E-state index is 12.3. The molecule has 1 amide bonds. The molecule has 3 aromatic rings. The third kappa shape index (κ3) is 5.63. The molecule has 1 aromatic carbocycles. The first-order valence-corrected chi connectivity index (χ1v) is 10.00. The van der Waals surface area contributed by atoms with Crippen LogP contribution in [0.15, 0.2) is 42.6 Å². The van der Waals surface area contributed by atoms with Gasteiger partial charge in [-0.2, -0.15) is 5.10 Å². The highest BCUT2D eigenvalue weighted by atomic mass is 16.5. The number of carbonyl (C=O) groups is 4. The van der Waals surface area contributed by atoms with E-state index in [1.54, 1.807) is 10.7 Å². The van der Waals surface area contributed by atoms with Crippen molar-refractivity contribution < 1.29 is 33.4 Å². The van der Waals surface area contributed by atoms with Gasteiger partial charge in [0.25, 0.3) is 5.91 Å². The summed E-state index contributed by atoms with van der Waals surface area (Å²) in [5, 5.41) is 6.79. The number of methoxy groups -OCH3 is 2. The average molecular weight is 466 g/mol. The summed E-state index contributed by atoms with van der Waals surface area (Å²) in [7, 11) is 2.37. The number of amides is 1. The van der Waals surface area contributed by atoms with Crippen LogP contribution in [-0.2, 0) is 19.0 Å². The van der Waals surface area contributed by atoms with Crippen molar-refractivity contribution in [2.24, 2.45) is 0 Å². The van der Waals surface area contributed by atoms with E-state index in [0.29, 0.717) is 5.82 Å². The van der Waals surface area contributed by atoms with E-state index in [1.807, 2.05) is 19.9 Å². The van der Waals surface area contributed by atoms with Crippen molar-refractivity contribution in [3.05, 3.63) is 70.7 Å². The molecule has 0 radical (unpaired) electrons. The summed E-state index contributed by atoms with van der Waals surface area (Å²) in [4.78, 5) is 52.5. The Morgan fingerprint density at radius 2 is 1.53 bits per heavy atom. The number of esters is 3. The second-order valence-electron chi connectivity index (χ2n) is 7.15. The molecule has 0 saturated heterocycles. The van der Waals surface area contributed by atoms with E-state index in [9.17, 15) is 19.2 Å². The maximum Gasteiger partial charge on any atom is 0.340 e. The van der Waals surface area contributed by atoms with Gasteiger partial charge in [0.1, 0.15) is 0 Å². The van der Waals surface area contributed by atoms with Crippen LogP contribution in [-0.4, -0.2) is 59.4 Å². The van der Waals surface area contributed by atoms with Gasteiger partial charge >= 0.3 is 17.9 Å². The molecule has 0 bridgehead atoms. The number of aromatic nitrogens is 3. The summed E-state index contributed by atoms with van der Waals surface area (Å²) in [5.74, 6) is -2.31. The molecule has 0 fully saturated rings. The zero-order valence-corrected chi connectivity index (χ0v) is 18.9. The molecule has 3 rings (SSSR count). The number of benzene rings is 1. The van der Waals surface area contributed by atoms with Gasteiger partial charge in [0.05, 0.1) is 36.6 Å². The smallest absolute Gasteiger partial charge is 0.340 e. The van der Waals surface area contributed by atoms with E-state index in [1.165, 1.54) is 44.7 Å². The number of pyridine rings is 1. The van der Waals surface area contributed by atoms with Crippen LogP contribution < -0.4 is 5.32 Å². The van der Waals surface area contributed by atoms with Gasteiger partial charge in [0.15, 0.2) is 12.4 Å². The van der Waals surface area contributed by atoms with Gasteiger partial charge in [-0.05, 0) is 50.2 Å². The Kier molecular flexibility index (Phi) is 7.36. The molecule has 176 valence electrons. The number of rotatable bonds is 7. The fraction of sp³-hybridized carbons (Fsp3) is 0.217. The SMILES string of the molecule is COC(=O)c1cc(NC(=O)COC(=O)c2ccc(-n3nc(C)cc3C)nc2)cc(C(=O)OC)c1. The van der Waals surface area contributed by atoms with Crippen LogP contribution in [0.1, 0.15) is 42.5 Å². The molecule has 11 nitrogen and oxygen atoms in total. The van der Waals surface area contributed by atoms with Crippen molar-refractivity contribution in [2.75, 3.05) is 26.1 Å².